The number of amides is 1. The number of fused-ring (bicyclic) bond motifs is 1. The van der Waals surface area contributed by atoms with E-state index in [1.54, 1.807) is 7.11 Å². The highest BCUT2D eigenvalue weighted by Gasteiger charge is 2.26. The highest BCUT2D eigenvalue weighted by atomic mass is 16.5. The number of carbonyl (C=O) groups excluding carboxylic acids is 1. The largest absolute Gasteiger partial charge is 0.497 e. The fourth-order valence-corrected chi connectivity index (χ4v) is 3.86. The predicted octanol–water partition coefficient (Wildman–Crippen LogP) is 3.30. The van der Waals surface area contributed by atoms with E-state index >= 15 is 0 Å². The Morgan fingerprint density at radius 1 is 1.42 bits per heavy atom. The molecule has 1 aromatic carbocycles. The zero-order valence-corrected chi connectivity index (χ0v) is 15.2. The van der Waals surface area contributed by atoms with Gasteiger partial charge in [-0.25, -0.2) is 0 Å². The maximum atomic E-state index is 13.1. The number of benzene rings is 1. The summed E-state index contributed by atoms with van der Waals surface area (Å²) in [6, 6.07) is 5.77. The molecule has 1 aliphatic rings. The molecule has 2 N–H and O–H groups in total. The van der Waals surface area contributed by atoms with Gasteiger partial charge in [0.25, 0.3) is 5.91 Å². The van der Waals surface area contributed by atoms with Crippen LogP contribution >= 0.6 is 0 Å². The normalized spacial score (nSPS) is 17.6. The van der Waals surface area contributed by atoms with Gasteiger partial charge in [-0.3, -0.25) is 9.89 Å². The van der Waals surface area contributed by atoms with Crippen LogP contribution in [0.4, 0.5) is 0 Å². The third-order valence-corrected chi connectivity index (χ3v) is 5.35. The van der Waals surface area contributed by atoms with Crippen molar-refractivity contribution in [2.24, 2.45) is 5.92 Å². The minimum atomic E-state index is 0.0931. The van der Waals surface area contributed by atoms with Crippen LogP contribution in [-0.2, 0) is 6.42 Å². The highest BCUT2D eigenvalue weighted by Crippen LogP contribution is 2.27. The van der Waals surface area contributed by atoms with Crippen molar-refractivity contribution in [2.75, 3.05) is 20.2 Å². The van der Waals surface area contributed by atoms with Crippen LogP contribution < -0.4 is 4.74 Å². The van der Waals surface area contributed by atoms with Gasteiger partial charge in [0.1, 0.15) is 5.75 Å². The molecule has 0 aliphatic carbocycles. The molecule has 0 unspecified atom stereocenters. The lowest BCUT2D eigenvalue weighted by Gasteiger charge is -2.32. The minimum Gasteiger partial charge on any atom is -0.497 e. The van der Waals surface area contributed by atoms with Crippen molar-refractivity contribution in [1.82, 2.24) is 20.1 Å². The Balaban J connectivity index is 1.53. The number of carbonyl (C=O) groups is 1. The maximum Gasteiger partial charge on any atom is 0.256 e. The number of hydrogen-bond acceptors (Lipinski definition) is 3. The number of methoxy groups -OCH3 is 1. The van der Waals surface area contributed by atoms with E-state index < -0.39 is 0 Å². The van der Waals surface area contributed by atoms with Gasteiger partial charge in [-0.2, -0.15) is 5.10 Å². The van der Waals surface area contributed by atoms with Gasteiger partial charge in [-0.1, -0.05) is 0 Å². The molecule has 4 rings (SSSR count). The van der Waals surface area contributed by atoms with Crippen LogP contribution in [0, 0.1) is 12.8 Å². The Hall–Kier alpha value is -2.76. The summed E-state index contributed by atoms with van der Waals surface area (Å²) in [6.45, 7) is 3.67. The second-order valence-corrected chi connectivity index (χ2v) is 7.11. The first kappa shape index (κ1) is 16.7. The fraction of sp³-hybridized carbons (Fsp3) is 0.400. The lowest BCUT2D eigenvalue weighted by atomic mass is 9.92. The Labute approximate surface area is 152 Å². The van der Waals surface area contributed by atoms with Crippen LogP contribution in [0.3, 0.4) is 0 Å². The quantitative estimate of drug-likeness (QED) is 0.756. The third kappa shape index (κ3) is 3.07. The monoisotopic (exact) mass is 352 g/mol. The number of likely N-dealkylation sites (tertiary alicyclic amines) is 1. The smallest absolute Gasteiger partial charge is 0.256 e. The molecular weight excluding hydrogens is 328 g/mol. The number of aromatic nitrogens is 3. The first-order valence-electron chi connectivity index (χ1n) is 9.09. The van der Waals surface area contributed by atoms with E-state index in [9.17, 15) is 4.79 Å². The molecule has 0 saturated carbocycles. The summed E-state index contributed by atoms with van der Waals surface area (Å²) < 4.78 is 5.31. The molecule has 3 aromatic rings. The van der Waals surface area contributed by atoms with E-state index in [0.717, 1.165) is 54.6 Å². The van der Waals surface area contributed by atoms with Gasteiger partial charge >= 0.3 is 0 Å². The number of aromatic amines is 2. The summed E-state index contributed by atoms with van der Waals surface area (Å²) in [5.74, 6) is 1.32. The molecule has 6 heteroatoms. The number of rotatable bonds is 4. The zero-order valence-electron chi connectivity index (χ0n) is 15.2. The number of aryl methyl sites for hydroxylation is 1. The molecular formula is C20H24N4O2. The molecule has 136 valence electrons. The average Bonchev–Trinajstić information content (AvgIpc) is 3.27. The summed E-state index contributed by atoms with van der Waals surface area (Å²) in [5, 5.41) is 8.12. The van der Waals surface area contributed by atoms with Gasteiger partial charge in [0.2, 0.25) is 0 Å². The van der Waals surface area contributed by atoms with Crippen molar-refractivity contribution in [1.29, 1.82) is 0 Å². The second-order valence-electron chi connectivity index (χ2n) is 7.11. The summed E-state index contributed by atoms with van der Waals surface area (Å²) in [6.07, 6.45) is 6.80. The van der Waals surface area contributed by atoms with Gasteiger partial charge in [0.15, 0.2) is 0 Å². The number of nitrogens with one attached hydrogen (secondary N) is 2. The molecule has 0 radical (unpaired) electrons. The predicted molar refractivity (Wildman–Crippen MR) is 101 cm³/mol. The fourth-order valence-electron chi connectivity index (χ4n) is 3.86. The number of nitrogens with zero attached hydrogens (tertiary/aromatic N) is 2. The van der Waals surface area contributed by atoms with Gasteiger partial charge in [-0.15, -0.1) is 0 Å². The second kappa shape index (κ2) is 6.86. The average molecular weight is 352 g/mol. The first-order chi connectivity index (χ1) is 12.7. The molecule has 26 heavy (non-hydrogen) atoms. The molecule has 0 spiro atoms. The van der Waals surface area contributed by atoms with Gasteiger partial charge in [0.05, 0.1) is 18.9 Å². The van der Waals surface area contributed by atoms with Crippen LogP contribution in [0.2, 0.25) is 0 Å². The molecule has 1 aliphatic heterocycles. The van der Waals surface area contributed by atoms with Crippen molar-refractivity contribution >= 4 is 16.8 Å². The number of H-pyrrole nitrogens is 2. The Morgan fingerprint density at radius 2 is 2.31 bits per heavy atom. The van der Waals surface area contributed by atoms with Crippen LogP contribution in [0.1, 0.15) is 34.5 Å². The van der Waals surface area contributed by atoms with Crippen LogP contribution in [0.25, 0.3) is 10.9 Å². The van der Waals surface area contributed by atoms with Crippen molar-refractivity contribution in [3.63, 3.8) is 0 Å². The van der Waals surface area contributed by atoms with E-state index in [1.165, 1.54) is 11.3 Å². The highest BCUT2D eigenvalue weighted by molar-refractivity contribution is 6.07. The van der Waals surface area contributed by atoms with Crippen molar-refractivity contribution in [3.05, 3.63) is 47.4 Å². The summed E-state index contributed by atoms with van der Waals surface area (Å²) >= 11 is 0. The molecule has 1 atom stereocenters. The summed E-state index contributed by atoms with van der Waals surface area (Å²) in [4.78, 5) is 18.3. The van der Waals surface area contributed by atoms with E-state index in [2.05, 4.69) is 22.1 Å². The van der Waals surface area contributed by atoms with Crippen molar-refractivity contribution < 1.29 is 9.53 Å². The molecule has 3 heterocycles. The van der Waals surface area contributed by atoms with Crippen LogP contribution in [-0.4, -0.2) is 46.2 Å². The topological polar surface area (TPSA) is 74.0 Å². The van der Waals surface area contributed by atoms with E-state index in [0.29, 0.717) is 5.92 Å². The Morgan fingerprint density at radius 3 is 3.08 bits per heavy atom. The van der Waals surface area contributed by atoms with Crippen molar-refractivity contribution in [2.45, 2.75) is 26.2 Å². The van der Waals surface area contributed by atoms with Gasteiger partial charge in [-0.05, 0) is 55.9 Å². The SMILES string of the molecule is COc1ccc2[nH]cc(C(=O)N3CCC[C@H](Cc4[nH]ncc4C)C3)c2c1. The molecule has 1 saturated heterocycles. The Bertz CT molecular complexity index is 927. The molecule has 1 amide bonds. The van der Waals surface area contributed by atoms with Gasteiger partial charge < -0.3 is 14.6 Å². The third-order valence-electron chi connectivity index (χ3n) is 5.35. The number of ether oxygens (including phenoxy) is 1. The van der Waals surface area contributed by atoms with Crippen molar-refractivity contribution in [3.8, 4) is 5.75 Å². The zero-order chi connectivity index (χ0) is 18.1. The molecule has 0 bridgehead atoms. The van der Waals surface area contributed by atoms with E-state index in [-0.39, 0.29) is 5.91 Å². The summed E-state index contributed by atoms with van der Waals surface area (Å²) in [5.41, 5.74) is 4.05. The van der Waals surface area contributed by atoms with Crippen LogP contribution in [0.15, 0.2) is 30.6 Å². The molecule has 2 aromatic heterocycles. The minimum absolute atomic E-state index is 0.0931. The standard InChI is InChI=1S/C20H24N4O2/c1-13-10-22-23-19(13)8-14-4-3-7-24(12-14)20(25)17-11-21-18-6-5-15(26-2)9-16(17)18/h5-6,9-11,14,21H,3-4,7-8,12H2,1-2H3,(H,22,23)/t14-/m1/s1. The lowest BCUT2D eigenvalue weighted by Crippen LogP contribution is -2.40. The molecule has 6 nitrogen and oxygen atoms in total. The van der Waals surface area contributed by atoms with E-state index in [4.69, 9.17) is 4.74 Å². The number of hydrogen-bond donors (Lipinski definition) is 2. The first-order valence-corrected chi connectivity index (χ1v) is 9.09. The summed E-state index contributed by atoms with van der Waals surface area (Å²) in [7, 11) is 1.64. The van der Waals surface area contributed by atoms with Crippen LogP contribution in [0.5, 0.6) is 5.75 Å². The maximum absolute atomic E-state index is 13.1. The Kier molecular flexibility index (Phi) is 4.41. The molecule has 1 fully saturated rings. The van der Waals surface area contributed by atoms with E-state index in [1.807, 2.05) is 35.5 Å². The number of piperidine rings is 1. The van der Waals surface area contributed by atoms with Gasteiger partial charge in [0, 0.05) is 35.9 Å². The lowest BCUT2D eigenvalue weighted by molar-refractivity contribution is 0.0675.